The van der Waals surface area contributed by atoms with Crippen LogP contribution in [0.25, 0.3) is 0 Å². The van der Waals surface area contributed by atoms with Gasteiger partial charge in [-0.3, -0.25) is 9.59 Å². The summed E-state index contributed by atoms with van der Waals surface area (Å²) in [6.45, 7) is 4.98. The van der Waals surface area contributed by atoms with Gasteiger partial charge in [-0.05, 0) is 20.8 Å². The Bertz CT molecular complexity index is 564. The van der Waals surface area contributed by atoms with Crippen LogP contribution in [-0.4, -0.2) is 29.4 Å². The zero-order valence-electron chi connectivity index (χ0n) is 10.4. The van der Waals surface area contributed by atoms with Crippen LogP contribution in [-0.2, 0) is 4.74 Å². The van der Waals surface area contributed by atoms with E-state index in [4.69, 9.17) is 4.74 Å². The molecule has 0 atom stereocenters. The monoisotopic (exact) mass is 254 g/mol. The molecule has 0 fully saturated rings. The number of hydrogen-bond acceptors (Lipinski definition) is 6. The number of aromatic nitrogens is 2. The highest BCUT2D eigenvalue weighted by Gasteiger charge is 2.19. The Labute approximate surface area is 103 Å². The summed E-state index contributed by atoms with van der Waals surface area (Å²) in [7, 11) is 0. The van der Waals surface area contributed by atoms with E-state index < -0.39 is 22.7 Å². The molecule has 0 aliphatic heterocycles. The fourth-order valence-corrected chi connectivity index (χ4v) is 1.28. The average Bonchev–Trinajstić information content (AvgIpc) is 2.43. The predicted molar refractivity (Wildman–Crippen MR) is 63.0 cm³/mol. The molecule has 0 radical (unpaired) electrons. The van der Waals surface area contributed by atoms with Gasteiger partial charge in [0, 0.05) is 0 Å². The molecule has 1 aromatic rings. The summed E-state index contributed by atoms with van der Waals surface area (Å²) in [5, 5.41) is 5.55. The molecular formula is C11H14N2O5. The zero-order valence-corrected chi connectivity index (χ0v) is 10.4. The van der Waals surface area contributed by atoms with E-state index in [0.29, 0.717) is 0 Å². The summed E-state index contributed by atoms with van der Waals surface area (Å²) in [6.07, 6.45) is 0. The number of nitrogens with zero attached hydrogens (tertiary/aromatic N) is 1. The van der Waals surface area contributed by atoms with Gasteiger partial charge in [-0.1, -0.05) is 0 Å². The van der Waals surface area contributed by atoms with Gasteiger partial charge in [0.05, 0.1) is 18.8 Å². The normalized spacial score (nSPS) is 9.94. The van der Waals surface area contributed by atoms with Gasteiger partial charge in [-0.15, -0.1) is 0 Å². The molecule has 0 amide bonds. The third-order valence-corrected chi connectivity index (χ3v) is 2.13. The third-order valence-electron chi connectivity index (χ3n) is 2.13. The molecular weight excluding hydrogens is 240 g/mol. The largest absolute Gasteiger partial charge is 0.489 e. The van der Waals surface area contributed by atoms with Crippen molar-refractivity contribution in [1.29, 1.82) is 0 Å². The van der Waals surface area contributed by atoms with Gasteiger partial charge in [-0.25, -0.2) is 9.89 Å². The van der Waals surface area contributed by atoms with Gasteiger partial charge >= 0.3 is 5.97 Å². The number of carbonyl (C=O) groups is 1. The molecule has 0 unspecified atom stereocenters. The topological polar surface area (TPSA) is 98.3 Å². The van der Waals surface area contributed by atoms with Crippen molar-refractivity contribution in [2.75, 3.05) is 13.2 Å². The maximum absolute atomic E-state index is 12.0. The number of ether oxygens (including phenoxy) is 2. The molecule has 7 nitrogen and oxygen atoms in total. The molecule has 0 saturated carbocycles. The molecule has 1 N–H and O–H groups in total. The predicted octanol–water partition coefficient (Wildman–Crippen LogP) is 0.0139. The summed E-state index contributed by atoms with van der Waals surface area (Å²) >= 11 is 0. The molecule has 7 heteroatoms. The van der Waals surface area contributed by atoms with E-state index in [-0.39, 0.29) is 24.5 Å². The van der Waals surface area contributed by atoms with Crippen molar-refractivity contribution in [2.24, 2.45) is 0 Å². The van der Waals surface area contributed by atoms with Gasteiger partial charge in [-0.2, -0.15) is 5.10 Å². The van der Waals surface area contributed by atoms with Gasteiger partial charge in [0.1, 0.15) is 0 Å². The molecule has 18 heavy (non-hydrogen) atoms. The minimum Gasteiger partial charge on any atom is -0.489 e. The van der Waals surface area contributed by atoms with E-state index in [0.717, 1.165) is 0 Å². The highest BCUT2D eigenvalue weighted by molar-refractivity contribution is 5.87. The van der Waals surface area contributed by atoms with Gasteiger partial charge in [0.15, 0.2) is 5.75 Å². The van der Waals surface area contributed by atoms with Crippen molar-refractivity contribution >= 4 is 5.97 Å². The number of rotatable bonds is 4. The highest BCUT2D eigenvalue weighted by Crippen LogP contribution is 2.06. The number of aromatic amines is 1. The van der Waals surface area contributed by atoms with Crippen LogP contribution in [0.5, 0.6) is 5.75 Å². The molecule has 1 aromatic heterocycles. The second kappa shape index (κ2) is 5.95. The first-order valence-corrected chi connectivity index (χ1v) is 5.46. The molecule has 98 valence electrons. The van der Waals surface area contributed by atoms with E-state index in [1.165, 1.54) is 6.92 Å². The summed E-state index contributed by atoms with van der Waals surface area (Å²) < 4.78 is 9.78. The van der Waals surface area contributed by atoms with E-state index in [2.05, 4.69) is 14.9 Å². The SMILES string of the molecule is CCOC(=O)c1n[nH]c(=O)c(C)c(OCC)c1=O. The van der Waals surface area contributed by atoms with Crippen LogP contribution in [0.3, 0.4) is 0 Å². The smallest absolute Gasteiger partial charge is 0.363 e. The Balaban J connectivity index is 3.53. The first-order valence-electron chi connectivity index (χ1n) is 5.46. The summed E-state index contributed by atoms with van der Waals surface area (Å²) in [5.41, 5.74) is -1.77. The molecule has 0 spiro atoms. The minimum absolute atomic E-state index is 0.0740. The van der Waals surface area contributed by atoms with Crippen LogP contribution < -0.4 is 15.7 Å². The van der Waals surface area contributed by atoms with Crippen LogP contribution in [0.4, 0.5) is 0 Å². The molecule has 0 aliphatic carbocycles. The van der Waals surface area contributed by atoms with Crippen molar-refractivity contribution in [3.63, 3.8) is 0 Å². The Morgan fingerprint density at radius 2 is 1.94 bits per heavy atom. The van der Waals surface area contributed by atoms with Crippen molar-refractivity contribution in [3.05, 3.63) is 31.8 Å². The van der Waals surface area contributed by atoms with Crippen molar-refractivity contribution in [3.8, 4) is 5.75 Å². The van der Waals surface area contributed by atoms with Crippen molar-refractivity contribution in [1.82, 2.24) is 10.2 Å². The van der Waals surface area contributed by atoms with Crippen LogP contribution in [0.15, 0.2) is 9.59 Å². The van der Waals surface area contributed by atoms with Crippen LogP contribution in [0.2, 0.25) is 0 Å². The molecule has 1 rings (SSSR count). The van der Waals surface area contributed by atoms with Gasteiger partial charge in [0.2, 0.25) is 5.69 Å². The van der Waals surface area contributed by atoms with E-state index in [9.17, 15) is 14.4 Å². The average molecular weight is 254 g/mol. The lowest BCUT2D eigenvalue weighted by atomic mass is 10.2. The molecule has 0 aliphatic rings. The van der Waals surface area contributed by atoms with Crippen molar-refractivity contribution in [2.45, 2.75) is 20.8 Å². The summed E-state index contributed by atoms with van der Waals surface area (Å²) in [4.78, 5) is 35.0. The van der Waals surface area contributed by atoms with Gasteiger partial charge in [0.25, 0.3) is 11.0 Å². The molecule has 1 heterocycles. The Hall–Kier alpha value is -2.18. The lowest BCUT2D eigenvalue weighted by molar-refractivity contribution is 0.0516. The zero-order chi connectivity index (χ0) is 13.7. The first-order chi connectivity index (χ1) is 8.52. The molecule has 0 bridgehead atoms. The number of H-pyrrole nitrogens is 1. The summed E-state index contributed by atoms with van der Waals surface area (Å²) in [5.74, 6) is -1.07. The van der Waals surface area contributed by atoms with Crippen molar-refractivity contribution < 1.29 is 14.3 Å². The van der Waals surface area contributed by atoms with Gasteiger partial charge < -0.3 is 9.47 Å². The number of hydrogen-bond donors (Lipinski definition) is 1. The summed E-state index contributed by atoms with van der Waals surface area (Å²) in [6, 6.07) is 0. The number of nitrogens with one attached hydrogen (secondary N) is 1. The number of carbonyl (C=O) groups excluding carboxylic acids is 1. The molecule has 0 saturated heterocycles. The minimum atomic E-state index is -0.894. The Morgan fingerprint density at radius 1 is 1.28 bits per heavy atom. The quantitative estimate of drug-likeness (QED) is 0.760. The second-order valence-corrected chi connectivity index (χ2v) is 3.34. The first kappa shape index (κ1) is 13.9. The Kier molecular flexibility index (Phi) is 4.59. The van der Waals surface area contributed by atoms with E-state index >= 15 is 0 Å². The standard InChI is InChI=1S/C11H14N2O5/c1-4-17-9-6(3)10(15)13-12-7(8(9)14)11(16)18-5-2/h4-5H2,1-3H3,(H,13,15). The maximum Gasteiger partial charge on any atom is 0.363 e. The highest BCUT2D eigenvalue weighted by atomic mass is 16.5. The lowest BCUT2D eigenvalue weighted by Crippen LogP contribution is -2.19. The second-order valence-electron chi connectivity index (χ2n) is 3.34. The van der Waals surface area contributed by atoms with Crippen LogP contribution in [0, 0.1) is 6.92 Å². The third kappa shape index (κ3) is 2.73. The maximum atomic E-state index is 12.0. The number of esters is 1. The van der Waals surface area contributed by atoms with E-state index in [1.54, 1.807) is 13.8 Å². The Morgan fingerprint density at radius 3 is 2.50 bits per heavy atom. The molecule has 0 aromatic carbocycles. The fraction of sp³-hybridized carbons (Fsp3) is 0.455. The van der Waals surface area contributed by atoms with Crippen LogP contribution >= 0.6 is 0 Å². The van der Waals surface area contributed by atoms with E-state index in [1.807, 2.05) is 0 Å². The lowest BCUT2D eigenvalue weighted by Gasteiger charge is -2.01. The van der Waals surface area contributed by atoms with Crippen LogP contribution in [0.1, 0.15) is 29.9 Å². The fourth-order valence-electron chi connectivity index (χ4n) is 1.28.